The van der Waals surface area contributed by atoms with Gasteiger partial charge in [-0.3, -0.25) is 4.79 Å². The summed E-state index contributed by atoms with van der Waals surface area (Å²) in [6, 6.07) is 4.01. The highest BCUT2D eigenvalue weighted by Crippen LogP contribution is 2.27. The molecule has 1 amide bonds. The molecule has 1 atom stereocenters. The number of hydrogen-bond donors (Lipinski definition) is 1. The van der Waals surface area contributed by atoms with Crippen molar-refractivity contribution in [1.82, 2.24) is 4.31 Å². The summed E-state index contributed by atoms with van der Waals surface area (Å²) < 4.78 is 37.3. The van der Waals surface area contributed by atoms with Gasteiger partial charge in [0.05, 0.1) is 12.0 Å². The Morgan fingerprint density at radius 1 is 1.15 bits per heavy atom. The van der Waals surface area contributed by atoms with E-state index < -0.39 is 28.0 Å². The van der Waals surface area contributed by atoms with Crippen LogP contribution in [0.3, 0.4) is 0 Å². The molecule has 1 aromatic rings. The number of benzene rings is 1. The summed E-state index contributed by atoms with van der Waals surface area (Å²) in [5.41, 5.74) is 5.02. The highest BCUT2D eigenvalue weighted by atomic mass is 32.2. The van der Waals surface area contributed by atoms with Crippen molar-refractivity contribution in [1.29, 1.82) is 0 Å². The van der Waals surface area contributed by atoms with E-state index in [2.05, 4.69) is 0 Å². The molecule has 0 unspecified atom stereocenters. The minimum absolute atomic E-state index is 0.0149. The molecule has 9 heteroatoms. The number of primary amides is 1. The van der Waals surface area contributed by atoms with Crippen LogP contribution < -0.4 is 10.5 Å². The first-order valence-corrected chi connectivity index (χ1v) is 9.90. The van der Waals surface area contributed by atoms with E-state index in [0.717, 1.165) is 25.7 Å². The SMILES string of the molecule is COc1ccc(S(=O)(=O)N2CCCCCC2)cc1C(=O)O[C@H](C)C(N)=O. The number of sulfonamides is 1. The van der Waals surface area contributed by atoms with Crippen molar-refractivity contribution in [3.05, 3.63) is 23.8 Å². The summed E-state index contributed by atoms with van der Waals surface area (Å²) in [5.74, 6) is -1.52. The van der Waals surface area contributed by atoms with Gasteiger partial charge >= 0.3 is 5.97 Å². The maximum atomic E-state index is 12.9. The Hall–Kier alpha value is -2.13. The number of ether oxygens (including phenoxy) is 2. The van der Waals surface area contributed by atoms with Crippen LogP contribution in [0.5, 0.6) is 5.75 Å². The molecular weight excluding hydrogens is 360 g/mol. The Morgan fingerprint density at radius 3 is 2.31 bits per heavy atom. The molecule has 0 aromatic heterocycles. The molecule has 0 spiro atoms. The van der Waals surface area contributed by atoms with Gasteiger partial charge in [0.2, 0.25) is 10.0 Å². The van der Waals surface area contributed by atoms with Gasteiger partial charge in [-0.15, -0.1) is 0 Å². The average Bonchev–Trinajstić information content (AvgIpc) is 2.90. The van der Waals surface area contributed by atoms with E-state index in [1.54, 1.807) is 0 Å². The second-order valence-electron chi connectivity index (χ2n) is 6.13. The van der Waals surface area contributed by atoms with Gasteiger partial charge in [-0.2, -0.15) is 4.31 Å². The molecule has 2 N–H and O–H groups in total. The Morgan fingerprint density at radius 2 is 1.77 bits per heavy atom. The lowest BCUT2D eigenvalue weighted by Crippen LogP contribution is -2.32. The first-order valence-electron chi connectivity index (χ1n) is 8.46. The van der Waals surface area contributed by atoms with Crippen molar-refractivity contribution in [2.24, 2.45) is 5.73 Å². The quantitative estimate of drug-likeness (QED) is 0.739. The van der Waals surface area contributed by atoms with Crippen LogP contribution in [-0.2, 0) is 19.6 Å². The summed E-state index contributed by atoms with van der Waals surface area (Å²) >= 11 is 0. The molecule has 1 saturated heterocycles. The van der Waals surface area contributed by atoms with Crippen molar-refractivity contribution < 1.29 is 27.5 Å². The second-order valence-corrected chi connectivity index (χ2v) is 8.07. The van der Waals surface area contributed by atoms with Crippen molar-refractivity contribution >= 4 is 21.9 Å². The number of amides is 1. The minimum atomic E-state index is -3.73. The van der Waals surface area contributed by atoms with Crippen LogP contribution in [0, 0.1) is 0 Å². The molecule has 8 nitrogen and oxygen atoms in total. The molecule has 0 saturated carbocycles. The summed E-state index contributed by atoms with van der Waals surface area (Å²) in [4.78, 5) is 23.4. The summed E-state index contributed by atoms with van der Waals surface area (Å²) in [6.07, 6.45) is 2.47. The van der Waals surface area contributed by atoms with Crippen LogP contribution in [0.25, 0.3) is 0 Å². The van der Waals surface area contributed by atoms with Gasteiger partial charge in [-0.1, -0.05) is 12.8 Å². The Kier molecular flexibility index (Phi) is 6.60. The fourth-order valence-electron chi connectivity index (χ4n) is 2.72. The van der Waals surface area contributed by atoms with Gasteiger partial charge in [0, 0.05) is 13.1 Å². The molecule has 1 heterocycles. The minimum Gasteiger partial charge on any atom is -0.496 e. The largest absolute Gasteiger partial charge is 0.496 e. The van der Waals surface area contributed by atoms with Gasteiger partial charge < -0.3 is 15.2 Å². The fourth-order valence-corrected chi connectivity index (χ4v) is 4.26. The zero-order valence-corrected chi connectivity index (χ0v) is 15.8. The molecule has 1 aliphatic rings. The smallest absolute Gasteiger partial charge is 0.342 e. The van der Waals surface area contributed by atoms with Crippen molar-refractivity contribution in [3.63, 3.8) is 0 Å². The maximum Gasteiger partial charge on any atom is 0.342 e. The van der Waals surface area contributed by atoms with E-state index in [1.807, 2.05) is 0 Å². The number of nitrogens with zero attached hydrogens (tertiary/aromatic N) is 1. The highest BCUT2D eigenvalue weighted by molar-refractivity contribution is 7.89. The van der Waals surface area contributed by atoms with Crippen LogP contribution in [0.15, 0.2) is 23.1 Å². The molecule has 0 radical (unpaired) electrons. The van der Waals surface area contributed by atoms with E-state index >= 15 is 0 Å². The van der Waals surface area contributed by atoms with E-state index in [0.29, 0.717) is 13.1 Å². The number of rotatable bonds is 6. The molecule has 1 fully saturated rings. The van der Waals surface area contributed by atoms with E-state index in [4.69, 9.17) is 15.2 Å². The van der Waals surface area contributed by atoms with E-state index in [1.165, 1.54) is 36.5 Å². The molecule has 144 valence electrons. The topological polar surface area (TPSA) is 116 Å². The van der Waals surface area contributed by atoms with Gasteiger partial charge in [-0.25, -0.2) is 13.2 Å². The molecule has 26 heavy (non-hydrogen) atoms. The van der Waals surface area contributed by atoms with Crippen LogP contribution >= 0.6 is 0 Å². The Labute approximate surface area is 153 Å². The predicted molar refractivity (Wildman–Crippen MR) is 94.3 cm³/mol. The number of esters is 1. The number of methoxy groups -OCH3 is 1. The molecule has 2 rings (SSSR count). The fraction of sp³-hybridized carbons (Fsp3) is 0.529. The number of hydrogen-bond acceptors (Lipinski definition) is 6. The third-order valence-corrected chi connectivity index (χ3v) is 6.17. The zero-order valence-electron chi connectivity index (χ0n) is 14.9. The summed E-state index contributed by atoms with van der Waals surface area (Å²) in [7, 11) is -2.38. The lowest BCUT2D eigenvalue weighted by atomic mass is 10.2. The number of carbonyl (C=O) groups is 2. The lowest BCUT2D eigenvalue weighted by molar-refractivity contribution is -0.125. The zero-order chi connectivity index (χ0) is 19.3. The normalized spacial score (nSPS) is 17.2. The second kappa shape index (κ2) is 8.50. The van der Waals surface area contributed by atoms with Gasteiger partial charge in [0.25, 0.3) is 5.91 Å². The summed E-state index contributed by atoms with van der Waals surface area (Å²) in [5, 5.41) is 0. The van der Waals surface area contributed by atoms with Crippen LogP contribution in [0.2, 0.25) is 0 Å². The molecular formula is C17H24N2O6S. The number of nitrogens with two attached hydrogens (primary N) is 1. The average molecular weight is 384 g/mol. The van der Waals surface area contributed by atoms with E-state index in [9.17, 15) is 18.0 Å². The lowest BCUT2D eigenvalue weighted by Gasteiger charge is -2.20. The van der Waals surface area contributed by atoms with Crippen molar-refractivity contribution in [3.8, 4) is 5.75 Å². The third kappa shape index (κ3) is 4.53. The molecule has 1 aliphatic heterocycles. The van der Waals surface area contributed by atoms with Crippen LogP contribution in [0.4, 0.5) is 0 Å². The predicted octanol–water partition coefficient (Wildman–Crippen LogP) is 1.29. The Bertz CT molecular complexity index is 769. The van der Waals surface area contributed by atoms with Crippen molar-refractivity contribution in [2.75, 3.05) is 20.2 Å². The maximum absolute atomic E-state index is 12.9. The first-order chi connectivity index (χ1) is 12.3. The first kappa shape index (κ1) is 20.2. The van der Waals surface area contributed by atoms with Crippen LogP contribution in [-0.4, -0.2) is 50.9 Å². The van der Waals surface area contributed by atoms with Gasteiger partial charge in [0.1, 0.15) is 11.3 Å². The third-order valence-electron chi connectivity index (χ3n) is 4.28. The molecule has 1 aromatic carbocycles. The number of carbonyl (C=O) groups excluding carboxylic acids is 2. The molecule has 0 aliphatic carbocycles. The summed E-state index contributed by atoms with van der Waals surface area (Å²) in [6.45, 7) is 2.24. The monoisotopic (exact) mass is 384 g/mol. The highest BCUT2D eigenvalue weighted by Gasteiger charge is 2.28. The van der Waals surface area contributed by atoms with Gasteiger partial charge in [-0.05, 0) is 38.0 Å². The van der Waals surface area contributed by atoms with Gasteiger partial charge in [0.15, 0.2) is 6.10 Å². The molecule has 0 bridgehead atoms. The Balaban J connectivity index is 2.36. The van der Waals surface area contributed by atoms with E-state index in [-0.39, 0.29) is 16.2 Å². The standard InChI is InChI=1S/C17H24N2O6S/c1-12(16(18)20)25-17(21)14-11-13(7-8-15(14)24-2)26(22,23)19-9-5-3-4-6-10-19/h7-8,11-12H,3-6,9-10H2,1-2H3,(H2,18,20)/t12-/m1/s1. The van der Waals surface area contributed by atoms with Crippen molar-refractivity contribution in [2.45, 2.75) is 43.6 Å². The van der Waals surface area contributed by atoms with Crippen LogP contribution in [0.1, 0.15) is 43.0 Å².